The third-order valence-corrected chi connectivity index (χ3v) is 5.68. The van der Waals surface area contributed by atoms with Crippen molar-refractivity contribution >= 4 is 28.4 Å². The Kier molecular flexibility index (Phi) is 6.05. The van der Waals surface area contributed by atoms with Crippen LogP contribution in [0, 0.1) is 0 Å². The largest absolute Gasteiger partial charge is 0.486 e. The van der Waals surface area contributed by atoms with Crippen molar-refractivity contribution in [3.05, 3.63) is 70.9 Å². The molecule has 1 aliphatic rings. The van der Waals surface area contributed by atoms with Crippen molar-refractivity contribution in [3.63, 3.8) is 0 Å². The van der Waals surface area contributed by atoms with E-state index in [0.717, 1.165) is 17.0 Å². The maximum absolute atomic E-state index is 13.0. The maximum Gasteiger partial charge on any atom is 0.417 e. The monoisotopic (exact) mass is 448 g/mol. The van der Waals surface area contributed by atoms with Crippen LogP contribution in [0.3, 0.4) is 0 Å². The van der Waals surface area contributed by atoms with Gasteiger partial charge in [0.25, 0.3) is 0 Å². The Morgan fingerprint density at radius 3 is 2.81 bits per heavy atom. The van der Waals surface area contributed by atoms with Gasteiger partial charge in [0, 0.05) is 31.0 Å². The van der Waals surface area contributed by atoms with Crippen LogP contribution in [0.5, 0.6) is 5.75 Å². The number of carbonyl (C=O) groups is 1. The fourth-order valence-electron chi connectivity index (χ4n) is 3.76. The van der Waals surface area contributed by atoms with E-state index in [9.17, 15) is 18.0 Å². The zero-order valence-corrected chi connectivity index (χ0v) is 17.3. The number of nitrogens with zero attached hydrogens (tertiary/aromatic N) is 2. The number of aryl methyl sites for hydroxylation is 1. The molecule has 0 saturated carbocycles. The molecule has 4 rings (SSSR count). The summed E-state index contributed by atoms with van der Waals surface area (Å²) in [7, 11) is 0. The Morgan fingerprint density at radius 2 is 2.00 bits per heavy atom. The maximum atomic E-state index is 13.0. The summed E-state index contributed by atoms with van der Waals surface area (Å²) in [6, 6.07) is 13.3. The number of hydrogen-bond acceptors (Lipinski definition) is 3. The van der Waals surface area contributed by atoms with Crippen LogP contribution < -0.4 is 4.74 Å². The van der Waals surface area contributed by atoms with E-state index >= 15 is 0 Å². The Morgan fingerprint density at radius 1 is 1.19 bits per heavy atom. The summed E-state index contributed by atoms with van der Waals surface area (Å²) >= 11 is 5.65. The van der Waals surface area contributed by atoms with E-state index in [-0.39, 0.29) is 29.9 Å². The molecule has 0 radical (unpaired) electrons. The van der Waals surface area contributed by atoms with Crippen LogP contribution in [0.2, 0.25) is 5.02 Å². The minimum atomic E-state index is -4.52. The van der Waals surface area contributed by atoms with Gasteiger partial charge in [-0.25, -0.2) is 0 Å². The number of alkyl halides is 3. The second-order valence-corrected chi connectivity index (χ2v) is 7.92. The van der Waals surface area contributed by atoms with Crippen molar-refractivity contribution in [2.45, 2.75) is 31.5 Å². The highest BCUT2D eigenvalue weighted by Gasteiger charge is 2.33. The van der Waals surface area contributed by atoms with Gasteiger partial charge in [0.15, 0.2) is 0 Å². The lowest BCUT2D eigenvalue weighted by molar-refractivity contribution is -0.137. The number of hydrogen-bond donors (Lipinski definition) is 0. The number of rotatable bonds is 5. The molecule has 2 aromatic carbocycles. The number of carbonyl (C=O) groups excluding carboxylic acids is 1. The summed E-state index contributed by atoms with van der Waals surface area (Å²) in [5.41, 5.74) is 0.328. The highest BCUT2D eigenvalue weighted by Crippen LogP contribution is 2.35. The quantitative estimate of drug-likeness (QED) is 0.516. The van der Waals surface area contributed by atoms with Gasteiger partial charge in [-0.15, -0.1) is 0 Å². The molecule has 162 valence electrons. The number of pyridine rings is 1. The first-order valence-corrected chi connectivity index (χ1v) is 10.3. The van der Waals surface area contributed by atoms with Crippen molar-refractivity contribution in [2.24, 2.45) is 0 Å². The summed E-state index contributed by atoms with van der Waals surface area (Å²) in [4.78, 5) is 18.7. The van der Waals surface area contributed by atoms with Crippen molar-refractivity contribution in [1.29, 1.82) is 0 Å². The fraction of sp³-hybridized carbons (Fsp3) is 0.304. The van der Waals surface area contributed by atoms with Gasteiger partial charge in [0.2, 0.25) is 5.91 Å². The summed E-state index contributed by atoms with van der Waals surface area (Å²) in [5.74, 6) is 0.573. The second kappa shape index (κ2) is 8.75. The molecule has 0 bridgehead atoms. The Hall–Kier alpha value is -2.80. The van der Waals surface area contributed by atoms with Crippen LogP contribution in [0.1, 0.15) is 24.0 Å². The summed E-state index contributed by atoms with van der Waals surface area (Å²) < 4.78 is 45.1. The van der Waals surface area contributed by atoms with Gasteiger partial charge in [-0.1, -0.05) is 35.9 Å². The number of para-hydroxylation sites is 1. The second-order valence-electron chi connectivity index (χ2n) is 7.51. The molecule has 1 aliphatic heterocycles. The van der Waals surface area contributed by atoms with E-state index in [2.05, 4.69) is 4.98 Å². The lowest BCUT2D eigenvalue weighted by Crippen LogP contribution is -2.31. The van der Waals surface area contributed by atoms with E-state index < -0.39 is 11.7 Å². The van der Waals surface area contributed by atoms with Crippen LogP contribution in [-0.4, -0.2) is 35.0 Å². The number of benzene rings is 2. The first-order valence-electron chi connectivity index (χ1n) is 9.95. The average molecular weight is 449 g/mol. The number of halogens is 4. The molecule has 2 heterocycles. The first kappa shape index (κ1) is 21.4. The third kappa shape index (κ3) is 4.93. The van der Waals surface area contributed by atoms with E-state index in [4.69, 9.17) is 16.3 Å². The predicted octanol–water partition coefficient (Wildman–Crippen LogP) is 5.52. The first-order chi connectivity index (χ1) is 14.8. The minimum absolute atomic E-state index is 0.106. The third-order valence-electron chi connectivity index (χ3n) is 5.35. The number of fused-ring (bicyclic) bond motifs is 1. The highest BCUT2D eigenvalue weighted by molar-refractivity contribution is 6.31. The van der Waals surface area contributed by atoms with Crippen molar-refractivity contribution in [1.82, 2.24) is 9.88 Å². The number of likely N-dealkylation sites (tertiary alicyclic amines) is 1. The van der Waals surface area contributed by atoms with Gasteiger partial charge in [0.1, 0.15) is 17.4 Å². The molecule has 1 atom stereocenters. The van der Waals surface area contributed by atoms with E-state index in [1.165, 1.54) is 12.1 Å². The van der Waals surface area contributed by atoms with E-state index in [0.29, 0.717) is 30.8 Å². The zero-order chi connectivity index (χ0) is 22.0. The van der Waals surface area contributed by atoms with Crippen molar-refractivity contribution < 1.29 is 22.7 Å². The molecule has 1 aromatic heterocycles. The molecule has 1 amide bonds. The van der Waals surface area contributed by atoms with Crippen LogP contribution in [0.25, 0.3) is 10.9 Å². The molecule has 0 N–H and O–H groups in total. The Labute approximate surface area is 182 Å². The molecular formula is C23H20ClF3N2O2. The topological polar surface area (TPSA) is 42.4 Å². The van der Waals surface area contributed by atoms with Crippen LogP contribution in [0.15, 0.2) is 54.7 Å². The molecule has 3 aromatic rings. The number of ether oxygens (including phenoxy) is 1. The fourth-order valence-corrected chi connectivity index (χ4v) is 3.98. The lowest BCUT2D eigenvalue weighted by atomic mass is 10.1. The normalized spacial score (nSPS) is 16.6. The van der Waals surface area contributed by atoms with Gasteiger partial charge >= 0.3 is 6.18 Å². The zero-order valence-electron chi connectivity index (χ0n) is 16.5. The van der Waals surface area contributed by atoms with Gasteiger partial charge < -0.3 is 9.64 Å². The smallest absolute Gasteiger partial charge is 0.417 e. The van der Waals surface area contributed by atoms with Gasteiger partial charge in [-0.05, 0) is 36.2 Å². The molecule has 0 spiro atoms. The highest BCUT2D eigenvalue weighted by atomic mass is 35.5. The molecule has 0 aliphatic carbocycles. The van der Waals surface area contributed by atoms with E-state index in [1.807, 2.05) is 30.3 Å². The van der Waals surface area contributed by atoms with Crippen LogP contribution >= 0.6 is 11.6 Å². The SMILES string of the molecule is O=C(CCc1ccc(Cl)c(C(F)(F)F)c1)N1CCC(Oc2cccc3cccnc23)C1. The van der Waals surface area contributed by atoms with Crippen molar-refractivity contribution in [3.8, 4) is 5.75 Å². The molecular weight excluding hydrogens is 429 g/mol. The van der Waals surface area contributed by atoms with Crippen LogP contribution in [0.4, 0.5) is 13.2 Å². The average Bonchev–Trinajstić information content (AvgIpc) is 3.21. The number of aromatic nitrogens is 1. The van der Waals surface area contributed by atoms with Crippen molar-refractivity contribution in [2.75, 3.05) is 13.1 Å². The Bertz CT molecular complexity index is 1100. The van der Waals surface area contributed by atoms with E-state index in [1.54, 1.807) is 11.1 Å². The molecule has 1 fully saturated rings. The summed E-state index contributed by atoms with van der Waals surface area (Å²) in [6.07, 6.45) is -1.93. The van der Waals surface area contributed by atoms with Crippen LogP contribution in [-0.2, 0) is 17.4 Å². The minimum Gasteiger partial charge on any atom is -0.486 e. The number of amides is 1. The predicted molar refractivity (Wildman–Crippen MR) is 112 cm³/mol. The standard InChI is InChI=1S/C23H20ClF3N2O2/c24-19-8-6-15(13-18(19)23(25,26)27)7-9-21(30)29-12-10-17(14-29)31-20-5-1-3-16-4-2-11-28-22(16)20/h1-6,8,11,13,17H,7,9-10,12,14H2. The summed E-state index contributed by atoms with van der Waals surface area (Å²) in [5, 5.41) is 0.636. The molecule has 1 saturated heterocycles. The Balaban J connectivity index is 1.35. The summed E-state index contributed by atoms with van der Waals surface area (Å²) in [6.45, 7) is 0.993. The molecule has 31 heavy (non-hydrogen) atoms. The molecule has 8 heteroatoms. The molecule has 4 nitrogen and oxygen atoms in total. The van der Waals surface area contributed by atoms with Gasteiger partial charge in [-0.2, -0.15) is 13.2 Å². The van der Waals surface area contributed by atoms with Gasteiger partial charge in [-0.3, -0.25) is 9.78 Å². The lowest BCUT2D eigenvalue weighted by Gasteiger charge is -2.18. The molecule has 1 unspecified atom stereocenters. The van der Waals surface area contributed by atoms with Gasteiger partial charge in [0.05, 0.1) is 17.1 Å².